The highest BCUT2D eigenvalue weighted by molar-refractivity contribution is 5.94. The number of H-pyrrole nitrogens is 1. The molecule has 1 aromatic carbocycles. The lowest BCUT2D eigenvalue weighted by Crippen LogP contribution is -2.29. The van der Waals surface area contributed by atoms with E-state index in [4.69, 9.17) is 10.2 Å². The van der Waals surface area contributed by atoms with Crippen LogP contribution in [0.25, 0.3) is 22.3 Å². The summed E-state index contributed by atoms with van der Waals surface area (Å²) in [5.74, 6) is 0.361. The van der Waals surface area contributed by atoms with Crippen molar-refractivity contribution in [3.8, 4) is 17.3 Å². The minimum atomic E-state index is -0.0286. The fourth-order valence-corrected chi connectivity index (χ4v) is 3.64. The van der Waals surface area contributed by atoms with Crippen molar-refractivity contribution in [1.29, 1.82) is 5.26 Å². The van der Waals surface area contributed by atoms with E-state index in [1.54, 1.807) is 35.4 Å². The lowest BCUT2D eigenvalue weighted by Gasteiger charge is -2.20. The van der Waals surface area contributed by atoms with Crippen LogP contribution in [0.3, 0.4) is 0 Å². The highest BCUT2D eigenvalue weighted by Gasteiger charge is 2.14. The lowest BCUT2D eigenvalue weighted by molar-refractivity contribution is 0.0787. The molecule has 0 saturated heterocycles. The lowest BCUT2D eigenvalue weighted by atomic mass is 10.1. The number of hydrogen-bond donors (Lipinski definition) is 1. The summed E-state index contributed by atoms with van der Waals surface area (Å²) in [4.78, 5) is 19.1. The van der Waals surface area contributed by atoms with Gasteiger partial charge in [0.25, 0.3) is 5.91 Å². The van der Waals surface area contributed by atoms with Gasteiger partial charge in [-0.25, -0.2) is 4.98 Å². The molecule has 0 aliphatic carbocycles. The maximum Gasteiger partial charge on any atom is 0.253 e. The SMILES string of the molecule is CC(CCN(C)C(=O)c1ccc(C#N)cc1)Cn1ccc2nc(-c3cn[nH]c3)ccc21. The molecular weight excluding hydrogens is 388 g/mol. The van der Waals surface area contributed by atoms with Gasteiger partial charge in [0.05, 0.1) is 34.6 Å². The van der Waals surface area contributed by atoms with E-state index >= 15 is 0 Å². The first kappa shape index (κ1) is 20.4. The van der Waals surface area contributed by atoms with Crippen molar-refractivity contribution in [2.24, 2.45) is 5.92 Å². The number of fused-ring (bicyclic) bond motifs is 1. The van der Waals surface area contributed by atoms with Crippen LogP contribution in [0.1, 0.15) is 29.3 Å². The Morgan fingerprint density at radius 1 is 1.23 bits per heavy atom. The van der Waals surface area contributed by atoms with E-state index in [2.05, 4.69) is 40.0 Å². The van der Waals surface area contributed by atoms with Crippen LogP contribution in [0.2, 0.25) is 0 Å². The second kappa shape index (κ2) is 8.84. The summed E-state index contributed by atoms with van der Waals surface area (Å²) in [6, 6.07) is 15.0. The summed E-state index contributed by atoms with van der Waals surface area (Å²) in [6.07, 6.45) is 6.56. The van der Waals surface area contributed by atoms with E-state index in [9.17, 15) is 4.79 Å². The molecular formula is C24H24N6O. The number of aromatic nitrogens is 4. The van der Waals surface area contributed by atoms with E-state index < -0.39 is 0 Å². The molecule has 7 heteroatoms. The average molecular weight is 412 g/mol. The van der Waals surface area contributed by atoms with E-state index in [1.165, 1.54) is 0 Å². The van der Waals surface area contributed by atoms with Crippen LogP contribution < -0.4 is 0 Å². The van der Waals surface area contributed by atoms with Gasteiger partial charge in [-0.3, -0.25) is 9.89 Å². The monoisotopic (exact) mass is 412 g/mol. The summed E-state index contributed by atoms with van der Waals surface area (Å²) >= 11 is 0. The molecule has 0 aliphatic rings. The average Bonchev–Trinajstić information content (AvgIpc) is 3.47. The summed E-state index contributed by atoms with van der Waals surface area (Å²) in [5, 5.41) is 15.7. The molecule has 1 atom stereocenters. The second-order valence-corrected chi connectivity index (χ2v) is 7.87. The minimum Gasteiger partial charge on any atom is -0.346 e. The van der Waals surface area contributed by atoms with Gasteiger partial charge in [0.15, 0.2) is 0 Å². The minimum absolute atomic E-state index is 0.0286. The number of nitrogens with one attached hydrogen (secondary N) is 1. The van der Waals surface area contributed by atoms with Crippen LogP contribution in [0.15, 0.2) is 61.1 Å². The number of carbonyl (C=O) groups is 1. The molecule has 1 unspecified atom stereocenters. The van der Waals surface area contributed by atoms with Gasteiger partial charge in [-0.2, -0.15) is 10.4 Å². The standard InChI is InChI=1S/C24H24N6O/c1-17(9-11-29(2)24(31)19-5-3-18(13-25)4-6-19)16-30-12-10-22-23(30)8-7-21(28-22)20-14-26-27-15-20/h3-8,10,12,14-15,17H,9,11,16H2,1-2H3,(H,26,27). The highest BCUT2D eigenvalue weighted by atomic mass is 16.2. The van der Waals surface area contributed by atoms with Crippen LogP contribution in [0.4, 0.5) is 0 Å². The van der Waals surface area contributed by atoms with Gasteiger partial charge in [0, 0.05) is 43.7 Å². The fraction of sp³-hybridized carbons (Fsp3) is 0.250. The zero-order valence-electron chi connectivity index (χ0n) is 17.6. The zero-order valence-corrected chi connectivity index (χ0v) is 17.6. The maximum atomic E-state index is 12.6. The quantitative estimate of drug-likeness (QED) is 0.495. The molecule has 0 aliphatic heterocycles. The number of rotatable bonds is 7. The van der Waals surface area contributed by atoms with Gasteiger partial charge >= 0.3 is 0 Å². The predicted octanol–water partition coefficient (Wildman–Crippen LogP) is 4.10. The molecule has 0 bridgehead atoms. The second-order valence-electron chi connectivity index (χ2n) is 7.87. The molecule has 1 amide bonds. The third-order valence-electron chi connectivity index (χ3n) is 5.49. The molecule has 4 rings (SSSR count). The number of benzene rings is 1. The Morgan fingerprint density at radius 3 is 2.74 bits per heavy atom. The Bertz CT molecular complexity index is 1220. The van der Waals surface area contributed by atoms with Crippen molar-refractivity contribution in [3.05, 3.63) is 72.2 Å². The van der Waals surface area contributed by atoms with Gasteiger partial charge in [0.2, 0.25) is 0 Å². The van der Waals surface area contributed by atoms with Gasteiger partial charge in [-0.15, -0.1) is 0 Å². The summed E-state index contributed by atoms with van der Waals surface area (Å²) in [6.45, 7) is 3.72. The summed E-state index contributed by atoms with van der Waals surface area (Å²) in [5.41, 5.74) is 5.08. The van der Waals surface area contributed by atoms with Crippen molar-refractivity contribution in [2.45, 2.75) is 19.9 Å². The molecule has 0 fully saturated rings. The van der Waals surface area contributed by atoms with Gasteiger partial charge in [-0.05, 0) is 54.8 Å². The van der Waals surface area contributed by atoms with Crippen LogP contribution in [-0.2, 0) is 6.54 Å². The molecule has 0 spiro atoms. The summed E-state index contributed by atoms with van der Waals surface area (Å²) in [7, 11) is 1.82. The number of nitrogens with zero attached hydrogens (tertiary/aromatic N) is 5. The van der Waals surface area contributed by atoms with Gasteiger partial charge in [-0.1, -0.05) is 6.92 Å². The third kappa shape index (κ3) is 4.48. The molecule has 7 nitrogen and oxygen atoms in total. The van der Waals surface area contributed by atoms with Crippen LogP contribution in [0, 0.1) is 17.2 Å². The molecule has 3 aromatic heterocycles. The van der Waals surface area contributed by atoms with Crippen molar-refractivity contribution in [1.82, 2.24) is 24.6 Å². The van der Waals surface area contributed by atoms with Crippen molar-refractivity contribution >= 4 is 16.9 Å². The Morgan fingerprint density at radius 2 is 2.03 bits per heavy atom. The molecule has 0 saturated carbocycles. The Hall–Kier alpha value is -3.92. The van der Waals surface area contributed by atoms with Crippen molar-refractivity contribution in [3.63, 3.8) is 0 Å². The van der Waals surface area contributed by atoms with Crippen LogP contribution in [-0.4, -0.2) is 44.1 Å². The van der Waals surface area contributed by atoms with E-state index in [0.29, 0.717) is 23.6 Å². The number of pyridine rings is 1. The first-order valence-electron chi connectivity index (χ1n) is 10.3. The van der Waals surface area contributed by atoms with E-state index in [1.807, 2.05) is 25.4 Å². The Labute approximate surface area is 180 Å². The van der Waals surface area contributed by atoms with Crippen molar-refractivity contribution in [2.75, 3.05) is 13.6 Å². The van der Waals surface area contributed by atoms with E-state index in [-0.39, 0.29) is 5.91 Å². The number of hydrogen-bond acceptors (Lipinski definition) is 4. The molecule has 4 aromatic rings. The summed E-state index contributed by atoms with van der Waals surface area (Å²) < 4.78 is 2.22. The Balaban J connectivity index is 1.36. The largest absolute Gasteiger partial charge is 0.346 e. The Kier molecular flexibility index (Phi) is 5.80. The smallest absolute Gasteiger partial charge is 0.253 e. The van der Waals surface area contributed by atoms with E-state index in [0.717, 1.165) is 35.3 Å². The first-order valence-corrected chi connectivity index (χ1v) is 10.3. The molecule has 1 N–H and O–H groups in total. The molecule has 31 heavy (non-hydrogen) atoms. The van der Waals surface area contributed by atoms with Gasteiger partial charge < -0.3 is 9.47 Å². The normalized spacial score (nSPS) is 11.9. The first-order chi connectivity index (χ1) is 15.0. The maximum absolute atomic E-state index is 12.6. The number of carbonyl (C=O) groups excluding carboxylic acids is 1. The van der Waals surface area contributed by atoms with Gasteiger partial charge in [0.1, 0.15) is 0 Å². The molecule has 0 radical (unpaired) electrons. The molecule has 3 heterocycles. The third-order valence-corrected chi connectivity index (χ3v) is 5.49. The number of nitriles is 1. The van der Waals surface area contributed by atoms with Crippen molar-refractivity contribution < 1.29 is 4.79 Å². The topological polar surface area (TPSA) is 90.6 Å². The number of aromatic amines is 1. The highest BCUT2D eigenvalue weighted by Crippen LogP contribution is 2.22. The predicted molar refractivity (Wildman–Crippen MR) is 119 cm³/mol. The van der Waals surface area contributed by atoms with Crippen LogP contribution >= 0.6 is 0 Å². The zero-order chi connectivity index (χ0) is 21.8. The van der Waals surface area contributed by atoms with Crippen LogP contribution in [0.5, 0.6) is 0 Å². The number of amides is 1. The molecule has 156 valence electrons. The fourth-order valence-electron chi connectivity index (χ4n) is 3.64.